The standard InChI is InChI=1S/C16H21FN2O4/c1-9(18-16(22)23)10-2-7-13(14(17)8-10)15(21)19-11-3-5-12(20)6-4-11/h2,7-9,11-12,18,20H,3-6H2,1H3,(H,19,21)(H,22,23). The molecular formula is C16H21FN2O4. The molecule has 126 valence electrons. The first-order chi connectivity index (χ1) is 10.9. The van der Waals surface area contributed by atoms with Crippen LogP contribution in [0.25, 0.3) is 0 Å². The van der Waals surface area contributed by atoms with Crippen molar-refractivity contribution in [3.05, 3.63) is 35.1 Å². The Morgan fingerprint density at radius 3 is 2.48 bits per heavy atom. The Hall–Kier alpha value is -2.15. The quantitative estimate of drug-likeness (QED) is 0.682. The summed E-state index contributed by atoms with van der Waals surface area (Å²) in [5.41, 5.74) is 0.379. The van der Waals surface area contributed by atoms with E-state index in [1.165, 1.54) is 18.2 Å². The number of rotatable bonds is 4. The van der Waals surface area contributed by atoms with E-state index in [1.54, 1.807) is 6.92 Å². The maximum Gasteiger partial charge on any atom is 0.405 e. The monoisotopic (exact) mass is 324 g/mol. The average molecular weight is 324 g/mol. The number of benzene rings is 1. The lowest BCUT2D eigenvalue weighted by molar-refractivity contribution is 0.0864. The molecule has 0 aliphatic heterocycles. The third-order valence-electron chi connectivity index (χ3n) is 4.11. The first-order valence-corrected chi connectivity index (χ1v) is 7.64. The second-order valence-corrected chi connectivity index (χ2v) is 5.89. The lowest BCUT2D eigenvalue weighted by Crippen LogP contribution is -2.38. The van der Waals surface area contributed by atoms with Crippen molar-refractivity contribution in [1.29, 1.82) is 0 Å². The van der Waals surface area contributed by atoms with Crippen molar-refractivity contribution < 1.29 is 24.2 Å². The van der Waals surface area contributed by atoms with Gasteiger partial charge in [-0.1, -0.05) is 6.07 Å². The zero-order valence-corrected chi connectivity index (χ0v) is 12.9. The Morgan fingerprint density at radius 2 is 1.91 bits per heavy atom. The summed E-state index contributed by atoms with van der Waals surface area (Å²) in [4.78, 5) is 22.8. The Morgan fingerprint density at radius 1 is 1.26 bits per heavy atom. The number of nitrogens with one attached hydrogen (secondary N) is 2. The number of amides is 2. The molecule has 7 heteroatoms. The highest BCUT2D eigenvalue weighted by molar-refractivity contribution is 5.94. The van der Waals surface area contributed by atoms with Gasteiger partial charge < -0.3 is 20.8 Å². The van der Waals surface area contributed by atoms with Gasteiger partial charge in [0, 0.05) is 6.04 Å². The Kier molecular flexibility index (Phi) is 5.54. The van der Waals surface area contributed by atoms with Crippen LogP contribution in [0.1, 0.15) is 54.6 Å². The fourth-order valence-electron chi connectivity index (χ4n) is 2.74. The highest BCUT2D eigenvalue weighted by atomic mass is 19.1. The van der Waals surface area contributed by atoms with Gasteiger partial charge in [-0.25, -0.2) is 9.18 Å². The Labute approximate surface area is 133 Å². The lowest BCUT2D eigenvalue weighted by Gasteiger charge is -2.26. The summed E-state index contributed by atoms with van der Waals surface area (Å²) in [7, 11) is 0. The van der Waals surface area contributed by atoms with Crippen molar-refractivity contribution in [1.82, 2.24) is 10.6 Å². The minimum atomic E-state index is -1.20. The summed E-state index contributed by atoms with van der Waals surface area (Å²) < 4.78 is 14.1. The maximum atomic E-state index is 14.1. The van der Waals surface area contributed by atoms with Crippen LogP contribution in [-0.4, -0.2) is 34.4 Å². The molecule has 1 fully saturated rings. The molecule has 1 aliphatic carbocycles. The Bertz CT molecular complexity index is 585. The van der Waals surface area contributed by atoms with Crippen LogP contribution in [0.2, 0.25) is 0 Å². The molecule has 23 heavy (non-hydrogen) atoms. The maximum absolute atomic E-state index is 14.1. The highest BCUT2D eigenvalue weighted by Gasteiger charge is 2.22. The van der Waals surface area contributed by atoms with Crippen LogP contribution in [-0.2, 0) is 0 Å². The molecular weight excluding hydrogens is 303 g/mol. The van der Waals surface area contributed by atoms with E-state index < -0.39 is 23.9 Å². The van der Waals surface area contributed by atoms with E-state index in [2.05, 4.69) is 10.6 Å². The highest BCUT2D eigenvalue weighted by Crippen LogP contribution is 2.20. The van der Waals surface area contributed by atoms with Gasteiger partial charge in [-0.3, -0.25) is 4.79 Å². The minimum Gasteiger partial charge on any atom is -0.465 e. The molecule has 1 unspecified atom stereocenters. The summed E-state index contributed by atoms with van der Waals surface area (Å²) in [5.74, 6) is -1.18. The van der Waals surface area contributed by atoms with E-state index in [-0.39, 0.29) is 17.7 Å². The van der Waals surface area contributed by atoms with Gasteiger partial charge in [-0.2, -0.15) is 0 Å². The molecule has 1 aromatic carbocycles. The zero-order valence-electron chi connectivity index (χ0n) is 12.9. The second kappa shape index (κ2) is 7.41. The smallest absolute Gasteiger partial charge is 0.405 e. The average Bonchev–Trinajstić information content (AvgIpc) is 2.48. The number of aliphatic hydroxyl groups excluding tert-OH is 1. The summed E-state index contributed by atoms with van der Waals surface area (Å²) in [6, 6.07) is 3.43. The van der Waals surface area contributed by atoms with Gasteiger partial charge in [0.05, 0.1) is 17.7 Å². The largest absolute Gasteiger partial charge is 0.465 e. The van der Waals surface area contributed by atoms with Crippen LogP contribution >= 0.6 is 0 Å². The van der Waals surface area contributed by atoms with Gasteiger partial charge in [0.1, 0.15) is 5.82 Å². The Balaban J connectivity index is 2.02. The van der Waals surface area contributed by atoms with Gasteiger partial charge >= 0.3 is 6.09 Å². The summed E-state index contributed by atoms with van der Waals surface area (Å²) in [6.45, 7) is 1.59. The molecule has 1 aromatic rings. The van der Waals surface area contributed by atoms with Gasteiger partial charge in [-0.05, 0) is 50.3 Å². The van der Waals surface area contributed by atoms with Crippen LogP contribution in [0.5, 0.6) is 0 Å². The summed E-state index contributed by atoms with van der Waals surface area (Å²) in [5, 5.41) is 23.1. The van der Waals surface area contributed by atoms with E-state index in [9.17, 15) is 19.1 Å². The van der Waals surface area contributed by atoms with Gasteiger partial charge in [0.2, 0.25) is 0 Å². The molecule has 1 atom stereocenters. The number of carbonyl (C=O) groups is 2. The lowest BCUT2D eigenvalue weighted by atomic mass is 9.93. The molecule has 2 amide bonds. The SMILES string of the molecule is CC(NC(=O)O)c1ccc(C(=O)NC2CCC(O)CC2)c(F)c1. The molecule has 0 radical (unpaired) electrons. The van der Waals surface area contributed by atoms with Crippen molar-refractivity contribution in [2.24, 2.45) is 0 Å². The third kappa shape index (κ3) is 4.66. The van der Waals surface area contributed by atoms with Crippen molar-refractivity contribution in [2.45, 2.75) is 50.8 Å². The van der Waals surface area contributed by atoms with Crippen molar-refractivity contribution in [2.75, 3.05) is 0 Å². The molecule has 6 nitrogen and oxygen atoms in total. The predicted octanol–water partition coefficient (Wildman–Crippen LogP) is 2.19. The first kappa shape index (κ1) is 17.2. The van der Waals surface area contributed by atoms with Crippen LogP contribution in [0, 0.1) is 5.82 Å². The molecule has 2 rings (SSSR count). The molecule has 0 bridgehead atoms. The van der Waals surface area contributed by atoms with E-state index in [0.29, 0.717) is 31.2 Å². The van der Waals surface area contributed by atoms with E-state index in [0.717, 1.165) is 0 Å². The number of carboxylic acid groups (broad SMARTS) is 1. The fraction of sp³-hybridized carbons (Fsp3) is 0.500. The molecule has 1 saturated carbocycles. The van der Waals surface area contributed by atoms with Crippen LogP contribution < -0.4 is 10.6 Å². The molecule has 4 N–H and O–H groups in total. The van der Waals surface area contributed by atoms with Gasteiger partial charge in [0.15, 0.2) is 0 Å². The molecule has 0 saturated heterocycles. The molecule has 0 spiro atoms. The summed E-state index contributed by atoms with van der Waals surface area (Å²) >= 11 is 0. The van der Waals surface area contributed by atoms with Crippen molar-refractivity contribution in [3.8, 4) is 0 Å². The zero-order chi connectivity index (χ0) is 17.0. The van der Waals surface area contributed by atoms with Crippen molar-refractivity contribution >= 4 is 12.0 Å². The van der Waals surface area contributed by atoms with Gasteiger partial charge in [0.25, 0.3) is 5.91 Å². The van der Waals surface area contributed by atoms with E-state index >= 15 is 0 Å². The van der Waals surface area contributed by atoms with Crippen LogP contribution in [0.15, 0.2) is 18.2 Å². The first-order valence-electron chi connectivity index (χ1n) is 7.64. The topological polar surface area (TPSA) is 98.7 Å². The van der Waals surface area contributed by atoms with Crippen LogP contribution in [0.4, 0.5) is 9.18 Å². The van der Waals surface area contributed by atoms with E-state index in [1.807, 2.05) is 0 Å². The number of hydrogen-bond donors (Lipinski definition) is 4. The molecule has 0 heterocycles. The van der Waals surface area contributed by atoms with E-state index in [4.69, 9.17) is 5.11 Å². The van der Waals surface area contributed by atoms with Crippen molar-refractivity contribution in [3.63, 3.8) is 0 Å². The van der Waals surface area contributed by atoms with Crippen LogP contribution in [0.3, 0.4) is 0 Å². The fourth-order valence-corrected chi connectivity index (χ4v) is 2.74. The second-order valence-electron chi connectivity index (χ2n) is 5.89. The number of carbonyl (C=O) groups excluding carboxylic acids is 1. The number of hydrogen-bond acceptors (Lipinski definition) is 3. The molecule has 1 aliphatic rings. The molecule has 0 aromatic heterocycles. The number of aliphatic hydroxyl groups is 1. The third-order valence-corrected chi connectivity index (χ3v) is 4.11. The minimum absolute atomic E-state index is 0.0578. The normalized spacial score (nSPS) is 22.2. The van der Waals surface area contributed by atoms with Gasteiger partial charge in [-0.15, -0.1) is 0 Å². The summed E-state index contributed by atoms with van der Waals surface area (Å²) in [6.07, 6.45) is 1.09. The predicted molar refractivity (Wildman–Crippen MR) is 81.7 cm³/mol. The number of halogens is 1.